The second-order valence-electron chi connectivity index (χ2n) is 8.72. The lowest BCUT2D eigenvalue weighted by Crippen LogP contribution is -2.44. The highest BCUT2D eigenvalue weighted by molar-refractivity contribution is 7.99. The number of aromatic nitrogens is 3. The van der Waals surface area contributed by atoms with Gasteiger partial charge in [0.05, 0.1) is 5.75 Å². The summed E-state index contributed by atoms with van der Waals surface area (Å²) in [5.74, 6) is 2.46. The number of carbonyl (C=O) groups excluding carboxylic acids is 2. The molecule has 3 aliphatic carbocycles. The first kappa shape index (κ1) is 19.7. The Kier molecular flexibility index (Phi) is 5.94. The number of thioether (sulfide) groups is 1. The molecule has 1 aromatic heterocycles. The summed E-state index contributed by atoms with van der Waals surface area (Å²) in [5.41, 5.74) is 5.33. The molecule has 0 spiro atoms. The monoisotopic (exact) mass is 405 g/mol. The molecule has 0 aromatic carbocycles. The molecule has 0 radical (unpaired) electrons. The smallest absolute Gasteiger partial charge is 0.233 e. The van der Waals surface area contributed by atoms with E-state index in [2.05, 4.69) is 22.0 Å². The molecule has 0 aliphatic heterocycles. The number of nitrogens with zero attached hydrogens (tertiary/aromatic N) is 4. The topological polar surface area (TPSA) is 94.1 Å². The van der Waals surface area contributed by atoms with Crippen molar-refractivity contribution in [3.63, 3.8) is 0 Å². The molecule has 1 aromatic rings. The average Bonchev–Trinajstić information content (AvgIpc) is 3.59. The summed E-state index contributed by atoms with van der Waals surface area (Å²) in [4.78, 5) is 26.5. The Bertz CT molecular complexity index is 720. The van der Waals surface area contributed by atoms with Crippen LogP contribution in [0.25, 0.3) is 0 Å². The molecule has 8 heteroatoms. The molecule has 2 amide bonds. The summed E-state index contributed by atoms with van der Waals surface area (Å²) in [5, 5.41) is 9.40. The number of amides is 2. The molecule has 2 N–H and O–H groups in total. The second-order valence-corrected chi connectivity index (χ2v) is 9.66. The van der Waals surface area contributed by atoms with E-state index in [4.69, 9.17) is 5.73 Å². The number of hydrogen-bond donors (Lipinski definition) is 1. The van der Waals surface area contributed by atoms with Gasteiger partial charge in [0.15, 0.2) is 5.16 Å². The maximum Gasteiger partial charge on any atom is 0.233 e. The molecule has 3 saturated carbocycles. The van der Waals surface area contributed by atoms with Crippen LogP contribution in [0, 0.1) is 5.92 Å². The van der Waals surface area contributed by atoms with Crippen molar-refractivity contribution in [2.75, 3.05) is 5.75 Å². The zero-order valence-electron chi connectivity index (χ0n) is 16.7. The first-order valence-corrected chi connectivity index (χ1v) is 11.7. The fourth-order valence-corrected chi connectivity index (χ4v) is 5.10. The van der Waals surface area contributed by atoms with Gasteiger partial charge in [0, 0.05) is 31.0 Å². The van der Waals surface area contributed by atoms with Crippen molar-refractivity contribution in [1.29, 1.82) is 0 Å². The number of hydrogen-bond acceptors (Lipinski definition) is 5. The molecule has 0 unspecified atom stereocenters. The maximum atomic E-state index is 13.1. The van der Waals surface area contributed by atoms with Crippen LogP contribution in [-0.2, 0) is 16.1 Å². The normalized spacial score (nSPS) is 24.9. The standard InChI is InChI=1S/C20H31N5O2S/c1-13-2-6-15(7-3-13)25(16-8-9-16)18(27)12-28-20-23-22-19(14-4-5-14)24(20)11-10-17(21)26/h13-16H,2-12H2,1H3,(H2,21,26). The fourth-order valence-electron chi connectivity index (χ4n) is 4.26. The number of primary amides is 1. The van der Waals surface area contributed by atoms with E-state index in [0.717, 1.165) is 55.4 Å². The summed E-state index contributed by atoms with van der Waals surface area (Å²) in [6, 6.07) is 0.854. The minimum absolute atomic E-state index is 0.226. The summed E-state index contributed by atoms with van der Waals surface area (Å²) in [7, 11) is 0. The van der Waals surface area contributed by atoms with E-state index < -0.39 is 0 Å². The van der Waals surface area contributed by atoms with E-state index >= 15 is 0 Å². The van der Waals surface area contributed by atoms with Crippen LogP contribution in [0.5, 0.6) is 0 Å². The van der Waals surface area contributed by atoms with Crippen molar-refractivity contribution in [3.05, 3.63) is 5.82 Å². The number of carbonyl (C=O) groups is 2. The van der Waals surface area contributed by atoms with Crippen LogP contribution in [-0.4, -0.2) is 49.3 Å². The fraction of sp³-hybridized carbons (Fsp3) is 0.800. The molecular formula is C20H31N5O2S. The van der Waals surface area contributed by atoms with Crippen molar-refractivity contribution in [1.82, 2.24) is 19.7 Å². The van der Waals surface area contributed by atoms with E-state index in [1.807, 2.05) is 4.57 Å². The second kappa shape index (κ2) is 8.43. The third-order valence-corrected chi connectivity index (χ3v) is 7.15. The van der Waals surface area contributed by atoms with Crippen molar-refractivity contribution in [2.45, 2.75) is 94.4 Å². The van der Waals surface area contributed by atoms with Gasteiger partial charge in [0.2, 0.25) is 11.8 Å². The molecule has 28 heavy (non-hydrogen) atoms. The van der Waals surface area contributed by atoms with Gasteiger partial charge < -0.3 is 15.2 Å². The molecule has 4 rings (SSSR count). The van der Waals surface area contributed by atoms with Crippen LogP contribution < -0.4 is 5.73 Å². The minimum atomic E-state index is -0.325. The summed E-state index contributed by atoms with van der Waals surface area (Å²) < 4.78 is 2.00. The van der Waals surface area contributed by atoms with Crippen molar-refractivity contribution >= 4 is 23.6 Å². The van der Waals surface area contributed by atoms with Gasteiger partial charge in [-0.2, -0.15) is 0 Å². The van der Waals surface area contributed by atoms with Crippen molar-refractivity contribution in [2.24, 2.45) is 11.7 Å². The predicted molar refractivity (Wildman–Crippen MR) is 108 cm³/mol. The van der Waals surface area contributed by atoms with Gasteiger partial charge in [-0.05, 0) is 57.3 Å². The Balaban J connectivity index is 1.40. The SMILES string of the molecule is CC1CCC(N(C(=O)CSc2nnc(C3CC3)n2CCC(N)=O)C2CC2)CC1. The predicted octanol–water partition coefficient (Wildman–Crippen LogP) is 2.69. The Morgan fingerprint density at radius 2 is 1.71 bits per heavy atom. The van der Waals surface area contributed by atoms with E-state index in [0.29, 0.717) is 30.3 Å². The van der Waals surface area contributed by atoms with Gasteiger partial charge in [-0.3, -0.25) is 9.59 Å². The van der Waals surface area contributed by atoms with Crippen LogP contribution in [0.15, 0.2) is 5.16 Å². The first-order chi connectivity index (χ1) is 13.5. The highest BCUT2D eigenvalue weighted by Crippen LogP contribution is 2.40. The average molecular weight is 406 g/mol. The van der Waals surface area contributed by atoms with Crippen LogP contribution in [0.2, 0.25) is 0 Å². The highest BCUT2D eigenvalue weighted by atomic mass is 32.2. The van der Waals surface area contributed by atoms with E-state index in [-0.39, 0.29) is 18.2 Å². The summed E-state index contributed by atoms with van der Waals surface area (Å²) in [6.07, 6.45) is 9.51. The van der Waals surface area contributed by atoms with Crippen molar-refractivity contribution < 1.29 is 9.59 Å². The van der Waals surface area contributed by atoms with Crippen LogP contribution in [0.1, 0.15) is 76.5 Å². The Hall–Kier alpha value is -1.57. The maximum absolute atomic E-state index is 13.1. The number of rotatable bonds is 9. The van der Waals surface area contributed by atoms with E-state index in [1.165, 1.54) is 24.6 Å². The number of nitrogens with two attached hydrogens (primary N) is 1. The van der Waals surface area contributed by atoms with E-state index in [1.54, 1.807) is 0 Å². The molecule has 154 valence electrons. The summed E-state index contributed by atoms with van der Waals surface area (Å²) in [6.45, 7) is 2.81. The van der Waals surface area contributed by atoms with Crippen LogP contribution >= 0.6 is 11.8 Å². The largest absolute Gasteiger partial charge is 0.370 e. The lowest BCUT2D eigenvalue weighted by Gasteiger charge is -2.36. The molecule has 0 saturated heterocycles. The molecule has 7 nitrogen and oxygen atoms in total. The first-order valence-electron chi connectivity index (χ1n) is 10.7. The van der Waals surface area contributed by atoms with Gasteiger partial charge >= 0.3 is 0 Å². The van der Waals surface area contributed by atoms with Crippen molar-refractivity contribution in [3.8, 4) is 0 Å². The molecular weight excluding hydrogens is 374 g/mol. The molecule has 0 bridgehead atoms. The molecule has 1 heterocycles. The lowest BCUT2D eigenvalue weighted by molar-refractivity contribution is -0.132. The van der Waals surface area contributed by atoms with E-state index in [9.17, 15) is 9.59 Å². The third-order valence-electron chi connectivity index (χ3n) is 6.20. The van der Waals surface area contributed by atoms with Gasteiger partial charge in [-0.25, -0.2) is 0 Å². The summed E-state index contributed by atoms with van der Waals surface area (Å²) >= 11 is 1.46. The quantitative estimate of drug-likeness (QED) is 0.638. The molecule has 3 aliphatic rings. The zero-order chi connectivity index (χ0) is 19.7. The minimum Gasteiger partial charge on any atom is -0.370 e. The van der Waals surface area contributed by atoms with Gasteiger partial charge in [-0.15, -0.1) is 10.2 Å². The lowest BCUT2D eigenvalue weighted by atomic mass is 9.86. The van der Waals surface area contributed by atoms with Gasteiger partial charge in [0.1, 0.15) is 5.82 Å². The Morgan fingerprint density at radius 3 is 2.29 bits per heavy atom. The molecule has 3 fully saturated rings. The Morgan fingerprint density at radius 1 is 1.07 bits per heavy atom. The van der Waals surface area contributed by atoms with Gasteiger partial charge in [-0.1, -0.05) is 18.7 Å². The van der Waals surface area contributed by atoms with Gasteiger partial charge in [0.25, 0.3) is 0 Å². The molecule has 0 atom stereocenters. The zero-order valence-corrected chi connectivity index (χ0v) is 17.5. The Labute approximate surface area is 170 Å². The highest BCUT2D eigenvalue weighted by Gasteiger charge is 2.38. The third kappa shape index (κ3) is 4.70. The van der Waals surface area contributed by atoms with Crippen LogP contribution in [0.3, 0.4) is 0 Å². The van der Waals surface area contributed by atoms with Crippen LogP contribution in [0.4, 0.5) is 0 Å².